The zero-order valence-corrected chi connectivity index (χ0v) is 15.6. The number of hydrogen-bond donors (Lipinski definition) is 0. The molecule has 0 bridgehead atoms. The predicted octanol–water partition coefficient (Wildman–Crippen LogP) is 4.06. The lowest BCUT2D eigenvalue weighted by molar-refractivity contribution is 0.0715. The lowest BCUT2D eigenvalue weighted by atomic mass is 10.2. The summed E-state index contributed by atoms with van der Waals surface area (Å²) in [6, 6.07) is 17.4. The largest absolute Gasteiger partial charge is 0.497 e. The Morgan fingerprint density at radius 1 is 0.929 bits per heavy atom. The molecule has 0 N–H and O–H groups in total. The minimum absolute atomic E-state index is 0.122. The van der Waals surface area contributed by atoms with Crippen LogP contribution in [0.3, 0.4) is 0 Å². The van der Waals surface area contributed by atoms with Gasteiger partial charge in [-0.3, -0.25) is 4.79 Å². The molecular formula is C22H21FN2O3. The van der Waals surface area contributed by atoms with E-state index in [4.69, 9.17) is 9.15 Å². The molecule has 0 saturated carbocycles. The topological polar surface area (TPSA) is 45.9 Å². The van der Waals surface area contributed by atoms with Gasteiger partial charge in [-0.1, -0.05) is 0 Å². The van der Waals surface area contributed by atoms with Crippen molar-refractivity contribution in [3.05, 3.63) is 72.2 Å². The average Bonchev–Trinajstić information content (AvgIpc) is 3.24. The number of methoxy groups -OCH3 is 1. The smallest absolute Gasteiger partial charge is 0.289 e. The quantitative estimate of drug-likeness (QED) is 0.685. The number of amides is 1. The highest BCUT2D eigenvalue weighted by Gasteiger charge is 2.24. The Bertz CT molecular complexity index is 943. The van der Waals surface area contributed by atoms with Crippen LogP contribution < -0.4 is 9.64 Å². The first-order valence-corrected chi connectivity index (χ1v) is 9.18. The molecule has 0 radical (unpaired) electrons. The monoisotopic (exact) mass is 380 g/mol. The van der Waals surface area contributed by atoms with E-state index in [-0.39, 0.29) is 11.7 Å². The molecule has 0 spiro atoms. The Kier molecular flexibility index (Phi) is 5.02. The van der Waals surface area contributed by atoms with Crippen molar-refractivity contribution in [3.8, 4) is 17.1 Å². The first kappa shape index (κ1) is 18.1. The van der Waals surface area contributed by atoms with E-state index in [1.54, 1.807) is 36.3 Å². The number of rotatable bonds is 4. The fraction of sp³-hybridized carbons (Fsp3) is 0.227. The van der Waals surface area contributed by atoms with Gasteiger partial charge in [0.15, 0.2) is 5.76 Å². The molecule has 1 amide bonds. The fourth-order valence-electron chi connectivity index (χ4n) is 3.34. The summed E-state index contributed by atoms with van der Waals surface area (Å²) in [7, 11) is 1.65. The number of benzene rings is 2. The highest BCUT2D eigenvalue weighted by Crippen LogP contribution is 2.24. The van der Waals surface area contributed by atoms with Gasteiger partial charge in [0.2, 0.25) is 0 Å². The SMILES string of the molecule is COc1ccc(N2CCN(C(=O)c3ccc(-c4ccc(F)cc4)o3)CC2)cc1. The summed E-state index contributed by atoms with van der Waals surface area (Å²) in [4.78, 5) is 16.8. The average molecular weight is 380 g/mol. The molecule has 2 heterocycles. The number of nitrogens with zero attached hydrogens (tertiary/aromatic N) is 2. The minimum Gasteiger partial charge on any atom is -0.497 e. The standard InChI is InChI=1S/C22H21FN2O3/c1-27-19-8-6-18(7-9-19)24-12-14-25(15-13-24)22(26)21-11-10-20(28-21)16-2-4-17(23)5-3-16/h2-11H,12-15H2,1H3. The van der Waals surface area contributed by atoms with Gasteiger partial charge >= 0.3 is 0 Å². The van der Waals surface area contributed by atoms with Crippen LogP contribution in [0.25, 0.3) is 11.3 Å². The molecule has 28 heavy (non-hydrogen) atoms. The first-order valence-electron chi connectivity index (χ1n) is 9.18. The van der Waals surface area contributed by atoms with Crippen LogP contribution in [-0.4, -0.2) is 44.1 Å². The Morgan fingerprint density at radius 3 is 2.25 bits per heavy atom. The van der Waals surface area contributed by atoms with Crippen molar-refractivity contribution in [2.45, 2.75) is 0 Å². The van der Waals surface area contributed by atoms with Gasteiger partial charge < -0.3 is 19.0 Å². The lowest BCUT2D eigenvalue weighted by Gasteiger charge is -2.35. The van der Waals surface area contributed by atoms with E-state index in [1.165, 1.54) is 12.1 Å². The molecule has 144 valence electrons. The van der Waals surface area contributed by atoms with Gasteiger partial charge in [0, 0.05) is 37.4 Å². The van der Waals surface area contributed by atoms with Crippen LogP contribution in [0.4, 0.5) is 10.1 Å². The predicted molar refractivity (Wildman–Crippen MR) is 105 cm³/mol. The molecule has 2 aromatic carbocycles. The van der Waals surface area contributed by atoms with Crippen LogP contribution in [0.5, 0.6) is 5.75 Å². The maximum atomic E-state index is 13.1. The summed E-state index contributed by atoms with van der Waals surface area (Å²) in [5.41, 5.74) is 1.86. The van der Waals surface area contributed by atoms with Gasteiger partial charge in [-0.05, 0) is 60.7 Å². The van der Waals surface area contributed by atoms with Crippen LogP contribution in [0, 0.1) is 5.82 Å². The first-order chi connectivity index (χ1) is 13.6. The second-order valence-corrected chi connectivity index (χ2v) is 6.65. The number of halogens is 1. The van der Waals surface area contributed by atoms with E-state index in [0.29, 0.717) is 24.6 Å². The number of carbonyl (C=O) groups excluding carboxylic acids is 1. The summed E-state index contributed by atoms with van der Waals surface area (Å²) in [5.74, 6) is 1.26. The molecule has 6 heteroatoms. The second kappa shape index (κ2) is 7.76. The van der Waals surface area contributed by atoms with Crippen LogP contribution in [0.1, 0.15) is 10.6 Å². The molecule has 1 saturated heterocycles. The van der Waals surface area contributed by atoms with Crippen molar-refractivity contribution in [2.75, 3.05) is 38.2 Å². The Morgan fingerprint density at radius 2 is 1.61 bits per heavy atom. The molecule has 0 unspecified atom stereocenters. The Balaban J connectivity index is 1.39. The molecule has 0 aliphatic carbocycles. The van der Waals surface area contributed by atoms with Crippen molar-refractivity contribution in [1.29, 1.82) is 0 Å². The number of piperazine rings is 1. The van der Waals surface area contributed by atoms with Gasteiger partial charge in [0.05, 0.1) is 7.11 Å². The van der Waals surface area contributed by atoms with E-state index in [9.17, 15) is 9.18 Å². The molecule has 4 rings (SSSR count). The van der Waals surface area contributed by atoms with Gasteiger partial charge in [0.25, 0.3) is 5.91 Å². The van der Waals surface area contributed by atoms with E-state index in [2.05, 4.69) is 4.90 Å². The Hall–Kier alpha value is -3.28. The number of furan rings is 1. The summed E-state index contributed by atoms with van der Waals surface area (Å²) >= 11 is 0. The molecule has 5 nitrogen and oxygen atoms in total. The summed E-state index contributed by atoms with van der Waals surface area (Å²) in [6.07, 6.45) is 0. The lowest BCUT2D eigenvalue weighted by Crippen LogP contribution is -2.48. The summed E-state index contributed by atoms with van der Waals surface area (Å²) in [5, 5.41) is 0. The van der Waals surface area contributed by atoms with Crippen molar-refractivity contribution in [1.82, 2.24) is 4.90 Å². The third-order valence-corrected chi connectivity index (χ3v) is 4.95. The van der Waals surface area contributed by atoms with Gasteiger partial charge in [0.1, 0.15) is 17.3 Å². The van der Waals surface area contributed by atoms with Gasteiger partial charge in [-0.25, -0.2) is 4.39 Å². The van der Waals surface area contributed by atoms with Crippen molar-refractivity contribution < 1.29 is 18.3 Å². The third kappa shape index (κ3) is 3.71. The number of carbonyl (C=O) groups is 1. The summed E-state index contributed by atoms with van der Waals surface area (Å²) < 4.78 is 24.0. The zero-order chi connectivity index (χ0) is 19.5. The molecule has 0 atom stereocenters. The molecular weight excluding hydrogens is 359 g/mol. The molecule has 1 aromatic heterocycles. The third-order valence-electron chi connectivity index (χ3n) is 4.95. The van der Waals surface area contributed by atoms with E-state index in [0.717, 1.165) is 30.1 Å². The van der Waals surface area contributed by atoms with E-state index in [1.807, 2.05) is 24.3 Å². The van der Waals surface area contributed by atoms with Crippen LogP contribution >= 0.6 is 0 Å². The van der Waals surface area contributed by atoms with Crippen molar-refractivity contribution >= 4 is 11.6 Å². The maximum Gasteiger partial charge on any atom is 0.289 e. The Labute approximate surface area is 162 Å². The van der Waals surface area contributed by atoms with E-state index >= 15 is 0 Å². The van der Waals surface area contributed by atoms with E-state index < -0.39 is 0 Å². The number of hydrogen-bond acceptors (Lipinski definition) is 4. The van der Waals surface area contributed by atoms with Crippen molar-refractivity contribution in [2.24, 2.45) is 0 Å². The van der Waals surface area contributed by atoms with Crippen LogP contribution in [0.15, 0.2) is 65.1 Å². The van der Waals surface area contributed by atoms with Crippen LogP contribution in [-0.2, 0) is 0 Å². The molecule has 1 fully saturated rings. The normalized spacial score (nSPS) is 14.2. The number of ether oxygens (including phenoxy) is 1. The highest BCUT2D eigenvalue weighted by atomic mass is 19.1. The van der Waals surface area contributed by atoms with Crippen molar-refractivity contribution in [3.63, 3.8) is 0 Å². The maximum absolute atomic E-state index is 13.1. The second-order valence-electron chi connectivity index (χ2n) is 6.65. The zero-order valence-electron chi connectivity index (χ0n) is 15.6. The molecule has 1 aliphatic heterocycles. The minimum atomic E-state index is -0.304. The molecule has 1 aliphatic rings. The summed E-state index contributed by atoms with van der Waals surface area (Å²) in [6.45, 7) is 2.75. The fourth-order valence-corrected chi connectivity index (χ4v) is 3.34. The molecule has 3 aromatic rings. The van der Waals surface area contributed by atoms with Gasteiger partial charge in [-0.2, -0.15) is 0 Å². The van der Waals surface area contributed by atoms with Crippen LogP contribution in [0.2, 0.25) is 0 Å². The van der Waals surface area contributed by atoms with Gasteiger partial charge in [-0.15, -0.1) is 0 Å². The number of anilines is 1. The highest BCUT2D eigenvalue weighted by molar-refractivity contribution is 5.92.